The van der Waals surface area contributed by atoms with E-state index in [4.69, 9.17) is 15.1 Å². The van der Waals surface area contributed by atoms with Crippen molar-refractivity contribution in [1.82, 2.24) is 9.55 Å². The maximum absolute atomic E-state index is 12.3. The van der Waals surface area contributed by atoms with Gasteiger partial charge in [-0.3, -0.25) is 9.36 Å². The molecule has 124 valence electrons. The van der Waals surface area contributed by atoms with Gasteiger partial charge >= 0.3 is 5.97 Å². The van der Waals surface area contributed by atoms with Crippen molar-refractivity contribution in [3.8, 4) is 17.5 Å². The SMILES string of the molecule is CC(C)(C#N)CCOc1ccccc1-n1cncc(C(=O)O)c1=O. The van der Waals surface area contributed by atoms with E-state index in [9.17, 15) is 9.59 Å². The number of aromatic nitrogens is 2. The van der Waals surface area contributed by atoms with Crippen LogP contribution in [0.25, 0.3) is 5.69 Å². The molecular formula is C17H17N3O4. The minimum absolute atomic E-state index is 0.290. The zero-order valence-corrected chi connectivity index (χ0v) is 13.4. The van der Waals surface area contributed by atoms with Crippen molar-refractivity contribution in [2.75, 3.05) is 6.61 Å². The highest BCUT2D eigenvalue weighted by atomic mass is 16.5. The van der Waals surface area contributed by atoms with Crippen LogP contribution in [0.1, 0.15) is 30.6 Å². The van der Waals surface area contributed by atoms with E-state index < -0.39 is 22.5 Å². The Hall–Kier alpha value is -3.14. The molecule has 1 N–H and O–H groups in total. The van der Waals surface area contributed by atoms with Crippen LogP contribution in [0, 0.1) is 16.7 Å². The second-order valence-corrected chi connectivity index (χ2v) is 5.85. The van der Waals surface area contributed by atoms with E-state index in [0.29, 0.717) is 24.5 Å². The lowest BCUT2D eigenvalue weighted by Gasteiger charge is -2.17. The zero-order valence-electron chi connectivity index (χ0n) is 13.4. The third kappa shape index (κ3) is 3.79. The van der Waals surface area contributed by atoms with Crippen molar-refractivity contribution < 1.29 is 14.6 Å². The molecule has 0 saturated carbocycles. The molecule has 1 aromatic carbocycles. The molecule has 1 aromatic heterocycles. The summed E-state index contributed by atoms with van der Waals surface area (Å²) in [5, 5.41) is 18.1. The van der Waals surface area contributed by atoms with Crippen LogP contribution >= 0.6 is 0 Å². The number of carboxylic acid groups (broad SMARTS) is 1. The molecular weight excluding hydrogens is 310 g/mol. The number of carbonyl (C=O) groups is 1. The molecule has 0 saturated heterocycles. The first-order valence-electron chi connectivity index (χ1n) is 7.29. The molecule has 24 heavy (non-hydrogen) atoms. The molecule has 0 amide bonds. The van der Waals surface area contributed by atoms with Crippen molar-refractivity contribution in [3.05, 3.63) is 52.7 Å². The molecule has 0 fully saturated rings. The predicted octanol–water partition coefficient (Wildman–Crippen LogP) is 2.25. The summed E-state index contributed by atoms with van der Waals surface area (Å²) in [4.78, 5) is 27.2. The van der Waals surface area contributed by atoms with Gasteiger partial charge in [0.25, 0.3) is 5.56 Å². The van der Waals surface area contributed by atoms with Crippen LogP contribution in [-0.4, -0.2) is 27.2 Å². The van der Waals surface area contributed by atoms with E-state index in [1.165, 1.54) is 6.33 Å². The quantitative estimate of drug-likeness (QED) is 0.872. The number of benzene rings is 1. The lowest BCUT2D eigenvalue weighted by atomic mass is 9.92. The molecule has 0 unspecified atom stereocenters. The maximum atomic E-state index is 12.3. The van der Waals surface area contributed by atoms with Gasteiger partial charge in [0.2, 0.25) is 0 Å². The molecule has 1 heterocycles. The highest BCUT2D eigenvalue weighted by Gasteiger charge is 2.18. The molecule has 0 aliphatic rings. The third-order valence-electron chi connectivity index (χ3n) is 3.48. The lowest BCUT2D eigenvalue weighted by molar-refractivity contribution is 0.0694. The summed E-state index contributed by atoms with van der Waals surface area (Å²) in [6.07, 6.45) is 2.77. The molecule has 0 radical (unpaired) electrons. The van der Waals surface area contributed by atoms with Gasteiger partial charge in [0.1, 0.15) is 17.6 Å². The molecule has 0 aliphatic heterocycles. The average molecular weight is 327 g/mol. The fourth-order valence-corrected chi connectivity index (χ4v) is 1.98. The second-order valence-electron chi connectivity index (χ2n) is 5.85. The Balaban J connectivity index is 2.34. The van der Waals surface area contributed by atoms with Crippen molar-refractivity contribution in [3.63, 3.8) is 0 Å². The summed E-state index contributed by atoms with van der Waals surface area (Å²) < 4.78 is 6.83. The number of ether oxygens (including phenoxy) is 1. The maximum Gasteiger partial charge on any atom is 0.342 e. The van der Waals surface area contributed by atoms with Crippen LogP contribution in [-0.2, 0) is 0 Å². The highest BCUT2D eigenvalue weighted by molar-refractivity contribution is 5.86. The Morgan fingerprint density at radius 3 is 2.79 bits per heavy atom. The summed E-state index contributed by atoms with van der Waals surface area (Å²) in [5.74, 6) is -0.923. The fourth-order valence-electron chi connectivity index (χ4n) is 1.98. The number of rotatable bonds is 6. The normalized spacial score (nSPS) is 10.9. The number of hydrogen-bond acceptors (Lipinski definition) is 5. The van der Waals surface area contributed by atoms with Gasteiger partial charge in [-0.15, -0.1) is 0 Å². The monoisotopic (exact) mass is 327 g/mol. The Morgan fingerprint density at radius 1 is 1.42 bits per heavy atom. The number of aromatic carboxylic acids is 1. The number of para-hydroxylation sites is 2. The first-order valence-corrected chi connectivity index (χ1v) is 7.29. The van der Waals surface area contributed by atoms with Gasteiger partial charge in [0.15, 0.2) is 0 Å². The van der Waals surface area contributed by atoms with Crippen molar-refractivity contribution in [2.24, 2.45) is 5.41 Å². The van der Waals surface area contributed by atoms with Crippen LogP contribution in [0.4, 0.5) is 0 Å². The molecule has 7 heteroatoms. The lowest BCUT2D eigenvalue weighted by Crippen LogP contribution is -2.25. The van der Waals surface area contributed by atoms with E-state index in [0.717, 1.165) is 10.8 Å². The van der Waals surface area contributed by atoms with Gasteiger partial charge < -0.3 is 9.84 Å². The molecule has 0 atom stereocenters. The highest BCUT2D eigenvalue weighted by Crippen LogP contribution is 2.24. The summed E-state index contributed by atoms with van der Waals surface area (Å²) in [6, 6.07) is 8.96. The minimum atomic E-state index is -1.34. The van der Waals surface area contributed by atoms with Crippen molar-refractivity contribution in [2.45, 2.75) is 20.3 Å². The third-order valence-corrected chi connectivity index (χ3v) is 3.48. The second kappa shape index (κ2) is 6.96. The largest absolute Gasteiger partial charge is 0.491 e. The summed E-state index contributed by atoms with van der Waals surface area (Å²) >= 11 is 0. The molecule has 0 aliphatic carbocycles. The Bertz CT molecular complexity index is 849. The van der Waals surface area contributed by atoms with E-state index in [1.54, 1.807) is 24.3 Å². The van der Waals surface area contributed by atoms with E-state index >= 15 is 0 Å². The Morgan fingerprint density at radius 2 is 2.12 bits per heavy atom. The summed E-state index contributed by atoms with van der Waals surface area (Å²) in [6.45, 7) is 3.92. The van der Waals surface area contributed by atoms with Crippen LogP contribution in [0.15, 0.2) is 41.6 Å². The Labute approximate surface area is 138 Å². The molecule has 0 bridgehead atoms. The average Bonchev–Trinajstić information content (AvgIpc) is 2.55. The summed E-state index contributed by atoms with van der Waals surface area (Å²) in [7, 11) is 0. The van der Waals surface area contributed by atoms with Crippen LogP contribution in [0.5, 0.6) is 5.75 Å². The Kier molecular flexibility index (Phi) is 4.99. The molecule has 7 nitrogen and oxygen atoms in total. The standard InChI is InChI=1S/C17H17N3O4/c1-17(2,10-18)7-8-24-14-6-4-3-5-13(14)20-11-19-9-12(15(20)21)16(22)23/h3-6,9,11H,7-8H2,1-2H3,(H,22,23). The topological polar surface area (TPSA) is 105 Å². The number of nitriles is 1. The zero-order chi connectivity index (χ0) is 17.7. The molecule has 2 rings (SSSR count). The van der Waals surface area contributed by atoms with Gasteiger partial charge in [-0.2, -0.15) is 5.26 Å². The summed E-state index contributed by atoms with van der Waals surface area (Å²) in [5.41, 5.74) is -1.23. The van der Waals surface area contributed by atoms with Gasteiger partial charge in [0, 0.05) is 6.20 Å². The van der Waals surface area contributed by atoms with Crippen molar-refractivity contribution >= 4 is 5.97 Å². The van der Waals surface area contributed by atoms with Gasteiger partial charge in [-0.1, -0.05) is 12.1 Å². The van der Waals surface area contributed by atoms with Gasteiger partial charge in [-0.25, -0.2) is 9.78 Å². The smallest absolute Gasteiger partial charge is 0.342 e. The molecule has 2 aromatic rings. The van der Waals surface area contributed by atoms with E-state index in [2.05, 4.69) is 11.1 Å². The predicted molar refractivity (Wildman–Crippen MR) is 86.3 cm³/mol. The van der Waals surface area contributed by atoms with E-state index in [-0.39, 0.29) is 0 Å². The molecule has 0 spiro atoms. The van der Waals surface area contributed by atoms with Crippen LogP contribution in [0.2, 0.25) is 0 Å². The number of hydrogen-bond donors (Lipinski definition) is 1. The fraction of sp³-hybridized carbons (Fsp3) is 0.294. The van der Waals surface area contributed by atoms with Gasteiger partial charge in [0.05, 0.1) is 23.8 Å². The first-order chi connectivity index (χ1) is 11.4. The number of nitrogens with zero attached hydrogens (tertiary/aromatic N) is 3. The minimum Gasteiger partial charge on any atom is -0.491 e. The van der Waals surface area contributed by atoms with E-state index in [1.807, 2.05) is 13.8 Å². The van der Waals surface area contributed by atoms with Crippen LogP contribution in [0.3, 0.4) is 0 Å². The number of carboxylic acids is 1. The van der Waals surface area contributed by atoms with Crippen LogP contribution < -0.4 is 10.3 Å². The van der Waals surface area contributed by atoms with Crippen molar-refractivity contribution in [1.29, 1.82) is 5.26 Å². The first kappa shape index (κ1) is 17.2. The van der Waals surface area contributed by atoms with Gasteiger partial charge in [-0.05, 0) is 32.4 Å².